The Kier molecular flexibility index (Phi) is 5.99. The van der Waals surface area contributed by atoms with E-state index in [1.165, 1.54) is 0 Å². The molecule has 6 nitrogen and oxygen atoms in total. The van der Waals surface area contributed by atoms with Gasteiger partial charge in [0.2, 0.25) is 0 Å². The van der Waals surface area contributed by atoms with Gasteiger partial charge in [-0.1, -0.05) is 30.0 Å². The minimum Gasteiger partial charge on any atom is -0.497 e. The molecule has 0 aliphatic carbocycles. The summed E-state index contributed by atoms with van der Waals surface area (Å²) in [7, 11) is 3.55. The van der Waals surface area contributed by atoms with Crippen molar-refractivity contribution in [1.29, 1.82) is 5.26 Å². The van der Waals surface area contributed by atoms with E-state index in [1.54, 1.807) is 18.9 Å². The van der Waals surface area contributed by atoms with Crippen LogP contribution in [0.1, 0.15) is 30.0 Å². The van der Waals surface area contributed by atoms with Gasteiger partial charge < -0.3 is 14.0 Å². The molecule has 3 rings (SSSR count). The van der Waals surface area contributed by atoms with Crippen molar-refractivity contribution in [1.82, 2.24) is 14.8 Å². The molecule has 27 heavy (non-hydrogen) atoms. The highest BCUT2D eigenvalue weighted by molar-refractivity contribution is 7.98. The van der Waals surface area contributed by atoms with Gasteiger partial charge in [-0.2, -0.15) is 5.26 Å². The average Bonchev–Trinajstić information content (AvgIpc) is 3.07. The molecule has 1 aromatic heterocycles. The highest BCUT2D eigenvalue weighted by Crippen LogP contribution is 2.27. The zero-order chi connectivity index (χ0) is 19.2. The van der Waals surface area contributed by atoms with E-state index in [-0.39, 0.29) is 6.10 Å². The van der Waals surface area contributed by atoms with Gasteiger partial charge in [0.15, 0.2) is 17.1 Å². The van der Waals surface area contributed by atoms with Crippen LogP contribution in [0.5, 0.6) is 11.5 Å². The number of nitrogens with zero attached hydrogens (tertiary/aromatic N) is 4. The van der Waals surface area contributed by atoms with Crippen LogP contribution in [0, 0.1) is 11.3 Å². The smallest absolute Gasteiger partial charge is 0.191 e. The Hall–Kier alpha value is -2.98. The van der Waals surface area contributed by atoms with Gasteiger partial charge in [-0.15, -0.1) is 10.2 Å². The quantitative estimate of drug-likeness (QED) is 0.574. The first-order valence-electron chi connectivity index (χ1n) is 8.43. The summed E-state index contributed by atoms with van der Waals surface area (Å²) in [5, 5.41) is 18.5. The van der Waals surface area contributed by atoms with E-state index in [1.807, 2.05) is 67.1 Å². The van der Waals surface area contributed by atoms with Crippen molar-refractivity contribution in [2.45, 2.75) is 23.9 Å². The fraction of sp³-hybridized carbons (Fsp3) is 0.250. The number of benzene rings is 2. The molecule has 7 heteroatoms. The van der Waals surface area contributed by atoms with Gasteiger partial charge in [-0.3, -0.25) is 0 Å². The lowest BCUT2D eigenvalue weighted by Gasteiger charge is -2.14. The lowest BCUT2D eigenvalue weighted by molar-refractivity contribution is 0.211. The number of aromatic nitrogens is 3. The molecule has 2 aromatic carbocycles. The summed E-state index contributed by atoms with van der Waals surface area (Å²) in [4.78, 5) is 0. The number of nitriles is 1. The Labute approximate surface area is 162 Å². The van der Waals surface area contributed by atoms with Crippen LogP contribution in [0.15, 0.2) is 53.7 Å². The number of ether oxygens (including phenoxy) is 2. The Balaban J connectivity index is 1.67. The van der Waals surface area contributed by atoms with Crippen LogP contribution in [0.3, 0.4) is 0 Å². The highest BCUT2D eigenvalue weighted by Gasteiger charge is 2.17. The zero-order valence-electron chi connectivity index (χ0n) is 15.4. The van der Waals surface area contributed by atoms with Crippen LogP contribution in [0.2, 0.25) is 0 Å². The average molecular weight is 380 g/mol. The lowest BCUT2D eigenvalue weighted by atomic mass is 10.1. The fourth-order valence-corrected chi connectivity index (χ4v) is 3.54. The maximum absolute atomic E-state index is 9.20. The van der Waals surface area contributed by atoms with Crippen molar-refractivity contribution in [3.8, 4) is 17.6 Å². The highest BCUT2D eigenvalue weighted by atomic mass is 32.2. The summed E-state index contributed by atoms with van der Waals surface area (Å²) in [6.45, 7) is 1.94. The van der Waals surface area contributed by atoms with E-state index in [4.69, 9.17) is 9.47 Å². The van der Waals surface area contributed by atoms with E-state index in [2.05, 4.69) is 16.3 Å². The molecule has 0 saturated carbocycles. The molecule has 0 radical (unpaired) electrons. The minimum absolute atomic E-state index is 0.253. The normalized spacial score (nSPS) is 11.6. The van der Waals surface area contributed by atoms with Gasteiger partial charge in [0.1, 0.15) is 11.5 Å². The van der Waals surface area contributed by atoms with Gasteiger partial charge in [0.05, 0.1) is 18.7 Å². The molecule has 0 saturated heterocycles. The second kappa shape index (κ2) is 8.60. The summed E-state index contributed by atoms with van der Waals surface area (Å²) in [6, 6.07) is 17.2. The fourth-order valence-electron chi connectivity index (χ4n) is 2.61. The number of rotatable bonds is 7. The SMILES string of the molecule is COc1ccc(OC(C)c2nnc(SCc3ccccc3C#N)n2C)cc1. The first-order chi connectivity index (χ1) is 13.1. The van der Waals surface area contributed by atoms with Crippen LogP contribution >= 0.6 is 11.8 Å². The molecule has 3 aromatic rings. The molecule has 0 N–H and O–H groups in total. The maximum atomic E-state index is 9.20. The first kappa shape index (κ1) is 18.8. The van der Waals surface area contributed by atoms with Gasteiger partial charge >= 0.3 is 0 Å². The molecule has 0 fully saturated rings. The molecule has 1 unspecified atom stereocenters. The molecule has 0 aliphatic heterocycles. The number of methoxy groups -OCH3 is 1. The number of thioether (sulfide) groups is 1. The summed E-state index contributed by atoms with van der Waals surface area (Å²) < 4.78 is 13.0. The summed E-state index contributed by atoms with van der Waals surface area (Å²) in [6.07, 6.45) is -0.253. The van der Waals surface area contributed by atoms with E-state index in [0.29, 0.717) is 11.3 Å². The standard InChI is InChI=1S/C20H20N4O2S/c1-14(26-18-10-8-17(25-3)9-11-18)19-22-23-20(24(19)2)27-13-16-7-5-4-6-15(16)12-21/h4-11,14H,13H2,1-3H3. The predicted molar refractivity (Wildman–Crippen MR) is 104 cm³/mol. The second-order valence-corrected chi connectivity index (χ2v) is 6.84. The number of hydrogen-bond acceptors (Lipinski definition) is 6. The monoisotopic (exact) mass is 380 g/mol. The Bertz CT molecular complexity index is 947. The molecule has 0 bridgehead atoms. The molecule has 0 spiro atoms. The van der Waals surface area contributed by atoms with Gasteiger partial charge in [0.25, 0.3) is 0 Å². The van der Waals surface area contributed by atoms with Gasteiger partial charge in [0, 0.05) is 12.8 Å². The van der Waals surface area contributed by atoms with E-state index in [0.717, 1.165) is 28.0 Å². The third-order valence-corrected chi connectivity index (χ3v) is 5.17. The summed E-state index contributed by atoms with van der Waals surface area (Å²) >= 11 is 1.55. The maximum Gasteiger partial charge on any atom is 0.191 e. The summed E-state index contributed by atoms with van der Waals surface area (Å²) in [5.74, 6) is 2.92. The van der Waals surface area contributed by atoms with Crippen molar-refractivity contribution in [3.05, 3.63) is 65.5 Å². The van der Waals surface area contributed by atoms with Crippen LogP contribution < -0.4 is 9.47 Å². The Morgan fingerprint density at radius 3 is 2.52 bits per heavy atom. The lowest BCUT2D eigenvalue weighted by Crippen LogP contribution is -2.10. The Morgan fingerprint density at radius 2 is 1.81 bits per heavy atom. The third-order valence-electron chi connectivity index (χ3n) is 4.10. The topological polar surface area (TPSA) is 73.0 Å². The predicted octanol–water partition coefficient (Wildman–Crippen LogP) is 4.13. The first-order valence-corrected chi connectivity index (χ1v) is 9.41. The van der Waals surface area contributed by atoms with Crippen LogP contribution in [0.25, 0.3) is 0 Å². The summed E-state index contributed by atoms with van der Waals surface area (Å²) in [5.41, 5.74) is 1.67. The molecular weight excluding hydrogens is 360 g/mol. The second-order valence-electron chi connectivity index (χ2n) is 5.89. The van der Waals surface area contributed by atoms with E-state index >= 15 is 0 Å². The van der Waals surface area contributed by atoms with Crippen LogP contribution in [0.4, 0.5) is 0 Å². The van der Waals surface area contributed by atoms with Crippen LogP contribution in [-0.4, -0.2) is 21.9 Å². The minimum atomic E-state index is -0.253. The molecule has 0 aliphatic rings. The van der Waals surface area contributed by atoms with E-state index < -0.39 is 0 Å². The van der Waals surface area contributed by atoms with Gasteiger partial charge in [-0.25, -0.2) is 0 Å². The molecule has 0 amide bonds. The van der Waals surface area contributed by atoms with Gasteiger partial charge in [-0.05, 0) is 42.8 Å². The third kappa shape index (κ3) is 4.41. The van der Waals surface area contributed by atoms with Crippen molar-refractivity contribution in [2.24, 2.45) is 7.05 Å². The van der Waals surface area contributed by atoms with E-state index in [9.17, 15) is 5.26 Å². The molecule has 1 heterocycles. The number of hydrogen-bond donors (Lipinski definition) is 0. The molecule has 1 atom stereocenters. The molecule has 138 valence electrons. The zero-order valence-corrected chi connectivity index (χ0v) is 16.2. The largest absolute Gasteiger partial charge is 0.497 e. The molecular formula is C20H20N4O2S. The van der Waals surface area contributed by atoms with Crippen molar-refractivity contribution in [3.63, 3.8) is 0 Å². The van der Waals surface area contributed by atoms with Crippen molar-refractivity contribution in [2.75, 3.05) is 7.11 Å². The van der Waals surface area contributed by atoms with Crippen molar-refractivity contribution >= 4 is 11.8 Å². The van der Waals surface area contributed by atoms with Crippen molar-refractivity contribution < 1.29 is 9.47 Å². The van der Waals surface area contributed by atoms with Crippen LogP contribution in [-0.2, 0) is 12.8 Å². The Morgan fingerprint density at radius 1 is 1.11 bits per heavy atom.